The molecule has 0 aliphatic heterocycles. The van der Waals surface area contributed by atoms with Crippen LogP contribution < -0.4 is 19.6 Å². The van der Waals surface area contributed by atoms with Crippen LogP contribution >= 0.6 is 24.4 Å². The Hall–Kier alpha value is -3.04. The van der Waals surface area contributed by atoms with Crippen molar-refractivity contribution < 1.29 is 10.2 Å². The van der Waals surface area contributed by atoms with Gasteiger partial charge in [-0.05, 0) is 112 Å². The summed E-state index contributed by atoms with van der Waals surface area (Å²) in [7, 11) is 0. The molecule has 0 saturated carbocycles. The van der Waals surface area contributed by atoms with Crippen molar-refractivity contribution in [2.24, 2.45) is 0 Å². The van der Waals surface area contributed by atoms with E-state index >= 15 is 0 Å². The Morgan fingerprint density at radius 2 is 0.684 bits per heavy atom. The SMILES string of the molecule is CCN(C(=S)N(CC)c1ccc(N(CC)C(=S)N(CC)c2ccc(CO)cc2)cc1)c1ccc(CO)cc1. The lowest BCUT2D eigenvalue weighted by Gasteiger charge is -2.34. The molecule has 0 heterocycles. The minimum absolute atomic E-state index is 0.0223. The molecular formula is C30H38N4O2S2. The molecule has 8 heteroatoms. The number of hydrogen-bond acceptors (Lipinski definition) is 4. The fraction of sp³-hybridized carbons (Fsp3) is 0.333. The Bertz CT molecular complexity index is 1090. The van der Waals surface area contributed by atoms with Gasteiger partial charge < -0.3 is 29.8 Å². The average Bonchev–Trinajstić information content (AvgIpc) is 2.96. The van der Waals surface area contributed by atoms with Crippen LogP contribution in [0.4, 0.5) is 22.7 Å². The maximum absolute atomic E-state index is 9.37. The van der Waals surface area contributed by atoms with Crippen LogP contribution in [0.25, 0.3) is 0 Å². The predicted octanol–water partition coefficient (Wildman–Crippen LogP) is 5.95. The fourth-order valence-electron chi connectivity index (χ4n) is 4.38. The normalized spacial score (nSPS) is 10.7. The number of aliphatic hydroxyl groups excluding tert-OH is 2. The minimum Gasteiger partial charge on any atom is -0.392 e. The second-order valence-corrected chi connectivity index (χ2v) is 9.44. The molecule has 3 rings (SSSR count). The molecule has 0 amide bonds. The van der Waals surface area contributed by atoms with Crippen molar-refractivity contribution >= 4 is 57.4 Å². The fourth-order valence-corrected chi connectivity index (χ4v) is 5.32. The summed E-state index contributed by atoms with van der Waals surface area (Å²) in [6.45, 7) is 11.3. The summed E-state index contributed by atoms with van der Waals surface area (Å²) in [5, 5.41) is 20.2. The second kappa shape index (κ2) is 14.2. The van der Waals surface area contributed by atoms with Crippen LogP contribution in [-0.4, -0.2) is 46.6 Å². The summed E-state index contributed by atoms with van der Waals surface area (Å²) < 4.78 is 0. The van der Waals surface area contributed by atoms with Gasteiger partial charge in [0.2, 0.25) is 0 Å². The van der Waals surface area contributed by atoms with E-state index in [9.17, 15) is 10.2 Å². The van der Waals surface area contributed by atoms with Crippen LogP contribution in [-0.2, 0) is 13.2 Å². The van der Waals surface area contributed by atoms with E-state index < -0.39 is 0 Å². The molecule has 0 unspecified atom stereocenters. The summed E-state index contributed by atoms with van der Waals surface area (Å²) in [6.07, 6.45) is 0. The first-order valence-corrected chi connectivity index (χ1v) is 13.9. The molecule has 0 fully saturated rings. The van der Waals surface area contributed by atoms with Crippen LogP contribution in [0.1, 0.15) is 38.8 Å². The van der Waals surface area contributed by atoms with Gasteiger partial charge >= 0.3 is 0 Å². The first-order chi connectivity index (χ1) is 18.4. The van der Waals surface area contributed by atoms with E-state index in [1.165, 1.54) is 0 Å². The lowest BCUT2D eigenvalue weighted by Crippen LogP contribution is -2.44. The van der Waals surface area contributed by atoms with Crippen molar-refractivity contribution in [3.63, 3.8) is 0 Å². The van der Waals surface area contributed by atoms with E-state index in [-0.39, 0.29) is 13.2 Å². The Morgan fingerprint density at radius 3 is 0.868 bits per heavy atom. The lowest BCUT2D eigenvalue weighted by atomic mass is 10.2. The Morgan fingerprint density at radius 1 is 0.474 bits per heavy atom. The van der Waals surface area contributed by atoms with E-state index in [1.54, 1.807) is 0 Å². The van der Waals surface area contributed by atoms with E-state index in [2.05, 4.69) is 71.6 Å². The number of thiocarbonyl (C=S) groups is 2. The van der Waals surface area contributed by atoms with Crippen molar-refractivity contribution in [1.82, 2.24) is 0 Å². The minimum atomic E-state index is 0.0223. The third-order valence-electron chi connectivity index (χ3n) is 6.52. The van der Waals surface area contributed by atoms with E-state index in [0.29, 0.717) is 0 Å². The van der Waals surface area contributed by atoms with Crippen LogP contribution in [0.3, 0.4) is 0 Å². The molecule has 6 nitrogen and oxygen atoms in total. The average molecular weight is 551 g/mol. The summed E-state index contributed by atoms with van der Waals surface area (Å²) in [5.41, 5.74) is 5.78. The zero-order chi connectivity index (χ0) is 27.7. The molecule has 0 saturated heterocycles. The second-order valence-electron chi connectivity index (χ2n) is 8.71. The maximum atomic E-state index is 9.37. The van der Waals surface area contributed by atoms with Gasteiger partial charge in [0.1, 0.15) is 0 Å². The van der Waals surface area contributed by atoms with E-state index in [0.717, 1.165) is 70.3 Å². The molecule has 2 N–H and O–H groups in total. The third-order valence-corrected chi connectivity index (χ3v) is 7.40. The Kier molecular flexibility index (Phi) is 11.0. The van der Waals surface area contributed by atoms with Crippen LogP contribution in [0.2, 0.25) is 0 Å². The summed E-state index contributed by atoms with van der Waals surface area (Å²) in [5.74, 6) is 0. The molecule has 202 valence electrons. The van der Waals surface area contributed by atoms with Crippen LogP contribution in [0.5, 0.6) is 0 Å². The largest absolute Gasteiger partial charge is 0.392 e. The highest BCUT2D eigenvalue weighted by atomic mass is 32.1. The highest BCUT2D eigenvalue weighted by Crippen LogP contribution is 2.26. The number of nitrogens with zero attached hydrogens (tertiary/aromatic N) is 4. The lowest BCUT2D eigenvalue weighted by molar-refractivity contribution is 0.281. The van der Waals surface area contributed by atoms with Gasteiger partial charge in [0.25, 0.3) is 0 Å². The molecular weight excluding hydrogens is 512 g/mol. The monoisotopic (exact) mass is 550 g/mol. The molecule has 0 aliphatic rings. The number of aliphatic hydroxyl groups is 2. The topological polar surface area (TPSA) is 53.4 Å². The molecule has 3 aromatic carbocycles. The van der Waals surface area contributed by atoms with Gasteiger partial charge in [-0.15, -0.1) is 0 Å². The number of benzene rings is 3. The summed E-state index contributed by atoms with van der Waals surface area (Å²) >= 11 is 11.9. The first kappa shape index (κ1) is 29.5. The van der Waals surface area contributed by atoms with Gasteiger partial charge in [0.15, 0.2) is 10.2 Å². The molecule has 38 heavy (non-hydrogen) atoms. The van der Waals surface area contributed by atoms with Crippen molar-refractivity contribution in [3.05, 3.63) is 83.9 Å². The highest BCUT2D eigenvalue weighted by molar-refractivity contribution is 7.81. The smallest absolute Gasteiger partial charge is 0.180 e. The van der Waals surface area contributed by atoms with Gasteiger partial charge in [-0.2, -0.15) is 0 Å². The molecule has 0 spiro atoms. The van der Waals surface area contributed by atoms with E-state index in [4.69, 9.17) is 24.4 Å². The number of rotatable bonds is 10. The van der Waals surface area contributed by atoms with Crippen LogP contribution in [0.15, 0.2) is 72.8 Å². The van der Waals surface area contributed by atoms with E-state index in [1.807, 2.05) is 48.5 Å². The van der Waals surface area contributed by atoms with Crippen molar-refractivity contribution in [2.45, 2.75) is 40.9 Å². The summed E-state index contributed by atoms with van der Waals surface area (Å²) in [6, 6.07) is 24.0. The van der Waals surface area contributed by atoms with Gasteiger partial charge in [-0.1, -0.05) is 24.3 Å². The molecule has 0 aliphatic carbocycles. The highest BCUT2D eigenvalue weighted by Gasteiger charge is 2.20. The molecule has 0 atom stereocenters. The molecule has 0 bridgehead atoms. The van der Waals surface area contributed by atoms with Crippen molar-refractivity contribution in [3.8, 4) is 0 Å². The number of hydrogen-bond donors (Lipinski definition) is 2. The quantitative estimate of drug-likeness (QED) is 0.301. The molecule has 3 aromatic rings. The van der Waals surface area contributed by atoms with Crippen molar-refractivity contribution in [2.75, 3.05) is 45.8 Å². The Labute approximate surface area is 237 Å². The van der Waals surface area contributed by atoms with Gasteiger partial charge in [-0.3, -0.25) is 0 Å². The zero-order valence-electron chi connectivity index (χ0n) is 22.7. The van der Waals surface area contributed by atoms with Gasteiger partial charge in [0.05, 0.1) is 13.2 Å². The van der Waals surface area contributed by atoms with Gasteiger partial charge in [0, 0.05) is 48.9 Å². The van der Waals surface area contributed by atoms with Crippen molar-refractivity contribution in [1.29, 1.82) is 0 Å². The molecule has 0 radical (unpaired) electrons. The molecule has 0 aromatic heterocycles. The maximum Gasteiger partial charge on any atom is 0.180 e. The number of anilines is 4. The van der Waals surface area contributed by atoms with Crippen LogP contribution in [0, 0.1) is 0 Å². The standard InChI is InChI=1S/C30H38N4O2S2/c1-5-31(25-13-9-23(21-35)10-14-25)29(37)33(7-3)27-17-19-28(20-18-27)34(8-4)30(38)32(6-2)26-15-11-24(22-36)12-16-26/h9-20,35-36H,5-8,21-22H2,1-4H3. The Balaban J connectivity index is 1.81. The first-order valence-electron chi connectivity index (χ1n) is 13.1. The van der Waals surface area contributed by atoms with Gasteiger partial charge in [-0.25, -0.2) is 0 Å². The predicted molar refractivity (Wildman–Crippen MR) is 168 cm³/mol. The summed E-state index contributed by atoms with van der Waals surface area (Å²) in [4.78, 5) is 8.45. The zero-order valence-corrected chi connectivity index (χ0v) is 24.3. The third kappa shape index (κ3) is 6.69.